The van der Waals surface area contributed by atoms with Gasteiger partial charge in [0, 0.05) is 19.6 Å². The van der Waals surface area contributed by atoms with Crippen LogP contribution in [0.1, 0.15) is 11.8 Å². The van der Waals surface area contributed by atoms with Gasteiger partial charge in [0.25, 0.3) is 0 Å². The topological polar surface area (TPSA) is 75.1 Å². The molecule has 0 aromatic carbocycles. The highest BCUT2D eigenvalue weighted by Crippen LogP contribution is 2.22. The van der Waals surface area contributed by atoms with E-state index in [1.54, 1.807) is 6.92 Å². The van der Waals surface area contributed by atoms with Crippen LogP contribution < -0.4 is 0 Å². The zero-order chi connectivity index (χ0) is 12.0. The van der Waals surface area contributed by atoms with Crippen LogP contribution in [0.2, 0.25) is 0 Å². The number of ether oxygens (including phenoxy) is 1. The van der Waals surface area contributed by atoms with Gasteiger partial charge in [-0.25, -0.2) is 4.79 Å². The third-order valence-electron chi connectivity index (χ3n) is 1.50. The van der Waals surface area contributed by atoms with E-state index in [0.29, 0.717) is 0 Å². The molecule has 0 bridgehead atoms. The molecule has 0 fully saturated rings. The predicted octanol–water partition coefficient (Wildman–Crippen LogP) is 3.72. The first-order valence-electron chi connectivity index (χ1n) is 4.35. The summed E-state index contributed by atoms with van der Waals surface area (Å²) >= 11 is 4.72. The molecule has 0 aliphatic rings. The Hall–Kier alpha value is -1.30. The Balaban J connectivity index is 2.97. The maximum Gasteiger partial charge on any atom is 0.340 e. The Kier molecular flexibility index (Phi) is 5.04. The lowest BCUT2D eigenvalue weighted by molar-refractivity contribution is -0.138. The van der Waals surface area contributed by atoms with Gasteiger partial charge in [-0.1, -0.05) is 5.11 Å². The fourth-order valence-electron chi connectivity index (χ4n) is 0.921. The average Bonchev–Trinajstić information content (AvgIpc) is 2.64. The van der Waals surface area contributed by atoms with Crippen LogP contribution in [0.25, 0.3) is 16.5 Å². The lowest BCUT2D eigenvalue weighted by atomic mass is 10.3. The van der Waals surface area contributed by atoms with E-state index in [0.717, 1.165) is 9.35 Å². The van der Waals surface area contributed by atoms with Gasteiger partial charge in [-0.15, -0.1) is 11.3 Å². The molecule has 0 amide bonds. The summed E-state index contributed by atoms with van der Waals surface area (Å²) in [6.07, 6.45) is 1.49. The summed E-state index contributed by atoms with van der Waals surface area (Å²) in [5.74, 6) is -0.621. The minimum absolute atomic E-state index is 0.0429. The molecule has 5 nitrogen and oxygen atoms in total. The molecule has 1 aromatic rings. The van der Waals surface area contributed by atoms with Crippen LogP contribution in [0.3, 0.4) is 0 Å². The van der Waals surface area contributed by atoms with Crippen molar-refractivity contribution in [3.05, 3.63) is 36.9 Å². The molecule has 0 saturated carbocycles. The number of azide groups is 1. The number of halogens is 1. The summed E-state index contributed by atoms with van der Waals surface area (Å²) in [5.41, 5.74) is 8.30. The molecular formula is C9H8BrN3O2S. The van der Waals surface area contributed by atoms with Gasteiger partial charge < -0.3 is 4.74 Å². The van der Waals surface area contributed by atoms with Gasteiger partial charge in [0.15, 0.2) is 0 Å². The minimum Gasteiger partial charge on any atom is -0.462 e. The fraction of sp³-hybridized carbons (Fsp3) is 0.222. The Morgan fingerprint density at radius 1 is 1.81 bits per heavy atom. The van der Waals surface area contributed by atoms with Crippen molar-refractivity contribution in [3.8, 4) is 0 Å². The van der Waals surface area contributed by atoms with Gasteiger partial charge in [0.1, 0.15) is 5.70 Å². The van der Waals surface area contributed by atoms with Crippen LogP contribution in [-0.2, 0) is 9.53 Å². The van der Waals surface area contributed by atoms with Crippen LogP contribution in [0.4, 0.5) is 0 Å². The van der Waals surface area contributed by atoms with Crippen LogP contribution in [0.15, 0.2) is 26.7 Å². The second kappa shape index (κ2) is 6.32. The molecule has 0 atom stereocenters. The summed E-state index contributed by atoms with van der Waals surface area (Å²) in [5, 5.41) is 5.17. The summed E-state index contributed by atoms with van der Waals surface area (Å²) in [6.45, 7) is 1.93. The third-order valence-corrected chi connectivity index (χ3v) is 3.14. The van der Waals surface area contributed by atoms with Crippen LogP contribution in [-0.4, -0.2) is 12.6 Å². The number of hydrogen-bond donors (Lipinski definition) is 0. The Morgan fingerprint density at radius 2 is 2.56 bits per heavy atom. The van der Waals surface area contributed by atoms with Crippen molar-refractivity contribution in [1.82, 2.24) is 0 Å². The molecule has 0 radical (unpaired) electrons. The monoisotopic (exact) mass is 301 g/mol. The van der Waals surface area contributed by atoms with Crippen molar-refractivity contribution < 1.29 is 9.53 Å². The van der Waals surface area contributed by atoms with Gasteiger partial charge >= 0.3 is 5.97 Å². The molecule has 0 aliphatic carbocycles. The van der Waals surface area contributed by atoms with E-state index in [4.69, 9.17) is 10.3 Å². The number of rotatable bonds is 4. The van der Waals surface area contributed by atoms with Gasteiger partial charge in [-0.3, -0.25) is 0 Å². The van der Waals surface area contributed by atoms with Crippen molar-refractivity contribution >= 4 is 39.3 Å². The number of nitrogens with zero attached hydrogens (tertiary/aromatic N) is 3. The lowest BCUT2D eigenvalue weighted by Gasteiger charge is -1.99. The largest absolute Gasteiger partial charge is 0.462 e. The highest BCUT2D eigenvalue weighted by molar-refractivity contribution is 9.10. The molecule has 1 rings (SSSR count). The predicted molar refractivity (Wildman–Crippen MR) is 65.8 cm³/mol. The van der Waals surface area contributed by atoms with Crippen molar-refractivity contribution in [2.24, 2.45) is 5.11 Å². The highest BCUT2D eigenvalue weighted by Gasteiger charge is 2.09. The Bertz CT molecular complexity index is 463. The first-order valence-corrected chi connectivity index (χ1v) is 6.02. The van der Waals surface area contributed by atoms with E-state index in [9.17, 15) is 4.79 Å². The fourth-order valence-corrected chi connectivity index (χ4v) is 2.29. The molecule has 0 unspecified atom stereocenters. The van der Waals surface area contributed by atoms with Crippen molar-refractivity contribution in [1.29, 1.82) is 0 Å². The molecule has 1 aromatic heterocycles. The molecule has 0 spiro atoms. The van der Waals surface area contributed by atoms with E-state index in [2.05, 4.69) is 26.0 Å². The van der Waals surface area contributed by atoms with Crippen LogP contribution >= 0.6 is 27.3 Å². The summed E-state index contributed by atoms with van der Waals surface area (Å²) < 4.78 is 5.67. The zero-order valence-electron chi connectivity index (χ0n) is 8.38. The zero-order valence-corrected chi connectivity index (χ0v) is 10.8. The van der Waals surface area contributed by atoms with Crippen LogP contribution in [0.5, 0.6) is 0 Å². The molecule has 0 aliphatic heterocycles. The molecule has 0 N–H and O–H groups in total. The van der Waals surface area contributed by atoms with E-state index in [1.165, 1.54) is 17.4 Å². The molecule has 16 heavy (non-hydrogen) atoms. The molecule has 0 saturated heterocycles. The van der Waals surface area contributed by atoms with Gasteiger partial charge in [0.05, 0.1) is 6.61 Å². The summed E-state index contributed by atoms with van der Waals surface area (Å²) in [7, 11) is 0. The van der Waals surface area contributed by atoms with Crippen molar-refractivity contribution in [3.63, 3.8) is 0 Å². The number of carbonyl (C=O) groups is 1. The SMILES string of the molecule is CCOC(=O)C(=Cc1cc(Br)cs1)N=[N+]=[N-]. The van der Waals surface area contributed by atoms with E-state index >= 15 is 0 Å². The molecule has 1 heterocycles. The quantitative estimate of drug-likeness (QED) is 0.279. The first-order chi connectivity index (χ1) is 7.67. The van der Waals surface area contributed by atoms with E-state index in [1.807, 2.05) is 11.4 Å². The second-order valence-electron chi connectivity index (χ2n) is 2.61. The number of esters is 1. The third kappa shape index (κ3) is 3.69. The van der Waals surface area contributed by atoms with Gasteiger partial charge in [-0.05, 0) is 40.5 Å². The normalized spacial score (nSPS) is 10.8. The van der Waals surface area contributed by atoms with Gasteiger partial charge in [0.2, 0.25) is 0 Å². The maximum absolute atomic E-state index is 11.4. The molecule has 7 heteroatoms. The average molecular weight is 302 g/mol. The Labute approximate surface area is 104 Å². The van der Waals surface area contributed by atoms with Crippen molar-refractivity contribution in [2.45, 2.75) is 6.92 Å². The van der Waals surface area contributed by atoms with E-state index < -0.39 is 5.97 Å². The maximum atomic E-state index is 11.4. The summed E-state index contributed by atoms with van der Waals surface area (Å²) in [6, 6.07) is 1.82. The van der Waals surface area contributed by atoms with Crippen molar-refractivity contribution in [2.75, 3.05) is 6.61 Å². The Morgan fingerprint density at radius 3 is 3.06 bits per heavy atom. The lowest BCUT2D eigenvalue weighted by Crippen LogP contribution is -2.05. The number of carbonyl (C=O) groups excluding carboxylic acids is 1. The first kappa shape index (κ1) is 12.8. The smallest absolute Gasteiger partial charge is 0.340 e. The molecular weight excluding hydrogens is 294 g/mol. The standard InChI is InChI=1S/C9H8BrN3O2S/c1-2-15-9(14)8(12-13-11)4-7-3-6(10)5-16-7/h3-5H,2H2,1H3. The molecule has 84 valence electrons. The van der Waals surface area contributed by atoms with Gasteiger partial charge in [-0.2, -0.15) is 0 Å². The minimum atomic E-state index is -0.621. The highest BCUT2D eigenvalue weighted by atomic mass is 79.9. The van der Waals surface area contributed by atoms with Crippen LogP contribution in [0, 0.1) is 0 Å². The summed E-state index contributed by atoms with van der Waals surface area (Å²) in [4.78, 5) is 14.8. The van der Waals surface area contributed by atoms with E-state index in [-0.39, 0.29) is 12.3 Å². The number of hydrogen-bond acceptors (Lipinski definition) is 4. The second-order valence-corrected chi connectivity index (χ2v) is 4.47. The number of thiophene rings is 1.